The monoisotopic (exact) mass is 1660 g/mol. The summed E-state index contributed by atoms with van der Waals surface area (Å²) in [5.41, 5.74) is 40.3. The van der Waals surface area contributed by atoms with Crippen molar-refractivity contribution < 1.29 is 0 Å². The molecule has 0 saturated carbocycles. The molecule has 6 heteroatoms. The number of nitrogens with zero attached hydrogens (tertiary/aromatic N) is 6. The van der Waals surface area contributed by atoms with Crippen molar-refractivity contribution in [2.24, 2.45) is 0 Å². The van der Waals surface area contributed by atoms with E-state index in [4.69, 9.17) is 0 Å². The van der Waals surface area contributed by atoms with E-state index in [9.17, 15) is 0 Å². The third-order valence-corrected chi connectivity index (χ3v) is 26.1. The maximum absolute atomic E-state index is 2.39. The lowest BCUT2D eigenvalue weighted by Crippen LogP contribution is -2.09. The zero-order chi connectivity index (χ0) is 86.9. The topological polar surface area (TPSA) is 26.2 Å². The maximum atomic E-state index is 2.39. The van der Waals surface area contributed by atoms with Gasteiger partial charge in [-0.1, -0.05) is 301 Å². The number of hydrogen-bond donors (Lipinski definition) is 0. The number of para-hydroxylation sites is 4. The molecule has 130 heavy (non-hydrogen) atoms. The Hall–Kier alpha value is -16.8. The average Bonchev–Trinajstić information content (AvgIpc) is 1.60. The number of benzene rings is 20. The lowest BCUT2D eigenvalue weighted by molar-refractivity contribution is 1.18. The van der Waals surface area contributed by atoms with Gasteiger partial charge in [-0.15, -0.1) is 0 Å². The molecule has 0 aliphatic carbocycles. The molecule has 0 atom stereocenters. The molecule has 24 aromatic rings. The first-order valence-electron chi connectivity index (χ1n) is 44.8. The highest BCUT2D eigenvalue weighted by Gasteiger charge is 2.22. The summed E-state index contributed by atoms with van der Waals surface area (Å²) in [6.07, 6.45) is 0. The lowest BCUT2D eigenvalue weighted by atomic mass is 10.0. The Bertz CT molecular complexity index is 7700. The smallest absolute Gasteiger partial charge is 0.0541 e. The number of anilines is 6. The first-order chi connectivity index (χ1) is 64.1. The summed E-state index contributed by atoms with van der Waals surface area (Å²) in [7, 11) is 0. The van der Waals surface area contributed by atoms with Gasteiger partial charge in [0.2, 0.25) is 0 Å². The molecule has 0 radical (unpaired) electrons. The van der Waals surface area contributed by atoms with E-state index >= 15 is 0 Å². The number of rotatable bonds is 16. The van der Waals surface area contributed by atoms with E-state index in [1.54, 1.807) is 0 Å². The van der Waals surface area contributed by atoms with Crippen molar-refractivity contribution in [3.63, 3.8) is 0 Å². The van der Waals surface area contributed by atoms with Gasteiger partial charge in [-0.25, -0.2) is 0 Å². The van der Waals surface area contributed by atoms with E-state index < -0.39 is 0 Å². The van der Waals surface area contributed by atoms with E-state index in [1.807, 2.05) is 0 Å². The molecule has 0 unspecified atom stereocenters. The number of hydrogen-bond acceptors (Lipinski definition) is 2. The molecule has 0 N–H and O–H groups in total. The third kappa shape index (κ3) is 14.3. The van der Waals surface area contributed by atoms with Crippen molar-refractivity contribution in [3.8, 4) is 89.5 Å². The fourth-order valence-corrected chi connectivity index (χ4v) is 19.6. The summed E-state index contributed by atoms with van der Waals surface area (Å²) in [5, 5.41) is 10.3. The second kappa shape index (κ2) is 32.9. The minimum Gasteiger partial charge on any atom is -0.311 e. The quantitative estimate of drug-likeness (QED) is 0.0964. The van der Waals surface area contributed by atoms with Gasteiger partial charge in [0, 0.05) is 100.0 Å². The Morgan fingerprint density at radius 1 is 0.131 bits per heavy atom. The molecule has 6 nitrogen and oxygen atoms in total. The summed E-state index contributed by atoms with van der Waals surface area (Å²) >= 11 is 0. The average molecular weight is 1660 g/mol. The molecule has 0 amide bonds. The molecule has 0 spiro atoms. The second-order valence-corrected chi connectivity index (χ2v) is 34.4. The summed E-state index contributed by atoms with van der Waals surface area (Å²) < 4.78 is 9.52. The van der Waals surface area contributed by atoms with Gasteiger partial charge in [-0.3, -0.25) is 0 Å². The van der Waals surface area contributed by atoms with Crippen LogP contribution in [0.25, 0.3) is 177 Å². The van der Waals surface area contributed by atoms with Crippen LogP contribution in [0.5, 0.6) is 0 Å². The first kappa shape index (κ1) is 78.0. The van der Waals surface area contributed by atoms with Crippen molar-refractivity contribution in [1.82, 2.24) is 18.3 Å². The highest BCUT2D eigenvalue weighted by atomic mass is 15.1. The van der Waals surface area contributed by atoms with E-state index in [-0.39, 0.29) is 0 Å². The Morgan fingerprint density at radius 3 is 0.477 bits per heavy atom. The van der Waals surface area contributed by atoms with Crippen molar-refractivity contribution in [2.75, 3.05) is 9.80 Å². The van der Waals surface area contributed by atoms with Crippen LogP contribution in [-0.4, -0.2) is 18.3 Å². The standard InChI is InChI=1S/C64H49N3.C60H41N3/c1-42-10-34-61-57(38-42)58-39-43(2)11-35-62(58)66(61)55-30-20-50(21-31-55)48-16-26-53(27-17-48)65(52-24-14-47(15-25-52)46-8-6-5-7-9-46)54-28-18-49(19-29-54)51-22-32-56(33-23-51)67-63-36-12-44(3)40-59(63)60-41-45(4)13-37-64(60)67;1-2-12-42(13-3-1)43-22-32-48(33-23-43)61(49-34-24-44(25-35-49)46-28-38-51(39-29-46)62-57-18-8-4-14-53(57)54-15-5-9-19-58(54)62)50-36-26-45(27-37-50)47-30-40-52(41-31-47)63-59-20-10-6-16-55(59)56-17-7-11-21-60(56)63/h5-41H,1-4H3;1-41H. The minimum atomic E-state index is 1.09. The van der Waals surface area contributed by atoms with Crippen LogP contribution in [0.15, 0.2) is 473 Å². The number of fused-ring (bicyclic) bond motifs is 12. The zero-order valence-electron chi connectivity index (χ0n) is 72.7. The van der Waals surface area contributed by atoms with Gasteiger partial charge in [-0.2, -0.15) is 0 Å². The van der Waals surface area contributed by atoms with E-state index in [2.05, 4.69) is 529 Å². The second-order valence-electron chi connectivity index (χ2n) is 34.4. The van der Waals surface area contributed by atoms with Crippen molar-refractivity contribution in [3.05, 3.63) is 495 Å². The van der Waals surface area contributed by atoms with Gasteiger partial charge < -0.3 is 28.1 Å². The zero-order valence-corrected chi connectivity index (χ0v) is 72.7. The highest BCUT2D eigenvalue weighted by molar-refractivity contribution is 6.13. The van der Waals surface area contributed by atoms with E-state index in [1.165, 1.54) is 176 Å². The molecule has 0 aliphatic heterocycles. The van der Waals surface area contributed by atoms with Gasteiger partial charge in [0.05, 0.1) is 44.1 Å². The fraction of sp³-hybridized carbons (Fsp3) is 0.0323. The summed E-state index contributed by atoms with van der Waals surface area (Å²) in [6.45, 7) is 8.68. The van der Waals surface area contributed by atoms with Crippen LogP contribution in [0.3, 0.4) is 0 Å². The Morgan fingerprint density at radius 2 is 0.285 bits per heavy atom. The minimum absolute atomic E-state index is 1.09. The molecule has 4 heterocycles. The Labute approximate surface area is 756 Å². The van der Waals surface area contributed by atoms with Crippen LogP contribution in [0, 0.1) is 27.7 Å². The summed E-state index contributed by atoms with van der Waals surface area (Å²) in [5.74, 6) is 0. The van der Waals surface area contributed by atoms with Gasteiger partial charge in [0.15, 0.2) is 0 Å². The molecule has 4 aromatic heterocycles. The Kier molecular flexibility index (Phi) is 19.8. The maximum Gasteiger partial charge on any atom is 0.0541 e. The van der Waals surface area contributed by atoms with Crippen molar-refractivity contribution in [1.29, 1.82) is 0 Å². The van der Waals surface area contributed by atoms with Gasteiger partial charge in [0.1, 0.15) is 0 Å². The number of aromatic nitrogens is 4. The van der Waals surface area contributed by atoms with Crippen molar-refractivity contribution >= 4 is 121 Å². The van der Waals surface area contributed by atoms with Crippen LogP contribution in [0.1, 0.15) is 22.3 Å². The summed E-state index contributed by atoms with van der Waals surface area (Å²) in [6, 6.07) is 173. The van der Waals surface area contributed by atoms with Gasteiger partial charge in [0.25, 0.3) is 0 Å². The molecule has 0 bridgehead atoms. The predicted octanol–water partition coefficient (Wildman–Crippen LogP) is 33.9. The van der Waals surface area contributed by atoms with Crippen LogP contribution in [0.2, 0.25) is 0 Å². The van der Waals surface area contributed by atoms with Gasteiger partial charge in [-0.05, 0) is 289 Å². The number of aryl methyl sites for hydroxylation is 4. The van der Waals surface area contributed by atoms with Crippen LogP contribution < -0.4 is 9.80 Å². The van der Waals surface area contributed by atoms with Crippen molar-refractivity contribution in [2.45, 2.75) is 27.7 Å². The predicted molar refractivity (Wildman–Crippen MR) is 551 cm³/mol. The largest absolute Gasteiger partial charge is 0.311 e. The lowest BCUT2D eigenvalue weighted by Gasteiger charge is -2.26. The highest BCUT2D eigenvalue weighted by Crippen LogP contribution is 2.45. The van der Waals surface area contributed by atoms with Crippen LogP contribution >= 0.6 is 0 Å². The molecular formula is C124H90N6. The molecule has 616 valence electrons. The molecule has 24 rings (SSSR count). The SMILES string of the molecule is Cc1ccc2c(c1)c1cc(C)ccc1n2-c1ccc(-c2ccc(N(c3ccc(-c4ccccc4)cc3)c3ccc(-c4ccc(-n5c6ccc(C)cc6c6cc(C)ccc65)cc4)cc3)cc2)cc1.c1ccc(-c2ccc(N(c3ccc(-c4ccc(-n5c6ccccc6c6ccccc65)cc4)cc3)c3ccc(-c4ccc(-n5c6ccccc6c6ccccc65)cc4)cc3)cc2)cc1. The molecule has 0 aliphatic rings. The normalized spacial score (nSPS) is 11.5. The molecule has 0 fully saturated rings. The fourth-order valence-electron chi connectivity index (χ4n) is 19.6. The van der Waals surface area contributed by atoms with E-state index in [0.29, 0.717) is 0 Å². The molecule has 20 aromatic carbocycles. The first-order valence-corrected chi connectivity index (χ1v) is 44.8. The van der Waals surface area contributed by atoms with Gasteiger partial charge >= 0.3 is 0 Å². The molecule has 0 saturated heterocycles. The van der Waals surface area contributed by atoms with Crippen LogP contribution in [-0.2, 0) is 0 Å². The molecular weight excluding hydrogens is 1570 g/mol. The summed E-state index contributed by atoms with van der Waals surface area (Å²) in [4.78, 5) is 4.70. The van der Waals surface area contributed by atoms with E-state index in [0.717, 1.165) is 56.9 Å². The Balaban J connectivity index is 0.000000148. The third-order valence-electron chi connectivity index (χ3n) is 26.1. The van der Waals surface area contributed by atoms with Crippen LogP contribution in [0.4, 0.5) is 34.1 Å².